The average molecular weight is 481 g/mol. The van der Waals surface area contributed by atoms with Crippen molar-refractivity contribution in [1.82, 2.24) is 10.6 Å². The molecule has 0 radical (unpaired) electrons. The van der Waals surface area contributed by atoms with Crippen molar-refractivity contribution >= 4 is 18.0 Å². The maximum atomic E-state index is 12.4. The highest BCUT2D eigenvalue weighted by Crippen LogP contribution is 2.44. The Balaban J connectivity index is 1.45. The third kappa shape index (κ3) is 6.62. The molecular weight excluding hydrogens is 444 g/mol. The molecule has 0 spiro atoms. The van der Waals surface area contributed by atoms with Gasteiger partial charge in [0.1, 0.15) is 12.1 Å². The monoisotopic (exact) mass is 480 g/mol. The summed E-state index contributed by atoms with van der Waals surface area (Å²) in [7, 11) is 0. The SMILES string of the molecule is CC(C)C(CCNC(=O)OCC1c2ccccc2-c2ccccc21)CCC(=O)NC(C)(C)C(=O)O. The third-order valence-corrected chi connectivity index (χ3v) is 6.80. The lowest BCUT2D eigenvalue weighted by atomic mass is 9.88. The van der Waals surface area contributed by atoms with Crippen LogP contribution in [-0.2, 0) is 14.3 Å². The standard InChI is InChI=1S/C28H36N2O5/c1-18(2)19(13-14-25(31)30-28(3,4)26(32)33)15-16-29-27(34)35-17-24-22-11-7-5-9-20(22)21-10-6-8-12-23(21)24/h5-12,18-19,24H,13-17H2,1-4H3,(H,29,34)(H,30,31)(H,32,33). The van der Waals surface area contributed by atoms with E-state index < -0.39 is 17.6 Å². The van der Waals surface area contributed by atoms with Gasteiger partial charge in [0.25, 0.3) is 0 Å². The third-order valence-electron chi connectivity index (χ3n) is 6.80. The Hall–Kier alpha value is -3.35. The molecule has 1 aliphatic rings. The lowest BCUT2D eigenvalue weighted by molar-refractivity contribution is -0.146. The minimum atomic E-state index is -1.30. The average Bonchev–Trinajstić information content (AvgIpc) is 3.13. The minimum Gasteiger partial charge on any atom is -0.480 e. The van der Waals surface area contributed by atoms with Crippen LogP contribution in [0.15, 0.2) is 48.5 Å². The number of aliphatic carboxylic acids is 1. The van der Waals surface area contributed by atoms with Gasteiger partial charge in [-0.25, -0.2) is 9.59 Å². The Kier molecular flexibility index (Phi) is 8.54. The highest BCUT2D eigenvalue weighted by molar-refractivity contribution is 5.86. The zero-order valence-electron chi connectivity index (χ0n) is 21.0. The summed E-state index contributed by atoms with van der Waals surface area (Å²) in [6, 6.07) is 16.4. The van der Waals surface area contributed by atoms with Gasteiger partial charge in [0.2, 0.25) is 5.91 Å². The fourth-order valence-electron chi connectivity index (χ4n) is 4.60. The highest BCUT2D eigenvalue weighted by Gasteiger charge is 2.30. The van der Waals surface area contributed by atoms with Crippen molar-refractivity contribution in [3.8, 4) is 11.1 Å². The van der Waals surface area contributed by atoms with E-state index >= 15 is 0 Å². The summed E-state index contributed by atoms with van der Waals surface area (Å²) < 4.78 is 5.59. The molecule has 188 valence electrons. The van der Waals surface area contributed by atoms with Gasteiger partial charge in [0, 0.05) is 18.9 Å². The number of carbonyl (C=O) groups excluding carboxylic acids is 2. The highest BCUT2D eigenvalue weighted by atomic mass is 16.5. The van der Waals surface area contributed by atoms with Crippen LogP contribution >= 0.6 is 0 Å². The van der Waals surface area contributed by atoms with Crippen LogP contribution in [0, 0.1) is 11.8 Å². The number of rotatable bonds is 11. The van der Waals surface area contributed by atoms with Crippen molar-refractivity contribution < 1.29 is 24.2 Å². The number of carboxylic acid groups (broad SMARTS) is 1. The van der Waals surface area contributed by atoms with E-state index in [1.54, 1.807) is 0 Å². The van der Waals surface area contributed by atoms with Crippen LogP contribution in [0.5, 0.6) is 0 Å². The van der Waals surface area contributed by atoms with E-state index in [-0.39, 0.29) is 30.8 Å². The van der Waals surface area contributed by atoms with Crippen LogP contribution in [-0.4, -0.2) is 41.8 Å². The number of alkyl carbamates (subject to hydrolysis) is 1. The van der Waals surface area contributed by atoms with Gasteiger partial charge in [-0.2, -0.15) is 0 Å². The number of benzene rings is 2. The van der Waals surface area contributed by atoms with Gasteiger partial charge >= 0.3 is 12.1 Å². The van der Waals surface area contributed by atoms with E-state index in [2.05, 4.69) is 48.7 Å². The molecule has 0 bridgehead atoms. The Morgan fingerprint density at radius 3 is 2.09 bits per heavy atom. The molecule has 0 saturated heterocycles. The zero-order chi connectivity index (χ0) is 25.6. The lowest BCUT2D eigenvalue weighted by Gasteiger charge is -2.24. The number of fused-ring (bicyclic) bond motifs is 3. The van der Waals surface area contributed by atoms with Gasteiger partial charge in [0.05, 0.1) is 0 Å². The maximum absolute atomic E-state index is 12.4. The smallest absolute Gasteiger partial charge is 0.407 e. The zero-order valence-corrected chi connectivity index (χ0v) is 21.0. The van der Waals surface area contributed by atoms with E-state index in [0.29, 0.717) is 25.3 Å². The lowest BCUT2D eigenvalue weighted by Crippen LogP contribution is -2.49. The van der Waals surface area contributed by atoms with E-state index in [0.717, 1.165) is 0 Å². The maximum Gasteiger partial charge on any atom is 0.407 e. The van der Waals surface area contributed by atoms with E-state index in [1.807, 2.05) is 24.3 Å². The Morgan fingerprint density at radius 2 is 1.54 bits per heavy atom. The van der Waals surface area contributed by atoms with Crippen LogP contribution in [0.25, 0.3) is 11.1 Å². The number of carboxylic acids is 1. The number of hydrogen-bond acceptors (Lipinski definition) is 4. The first kappa shape index (κ1) is 26.3. The molecule has 1 unspecified atom stereocenters. The van der Waals surface area contributed by atoms with Gasteiger partial charge in [-0.05, 0) is 60.8 Å². The van der Waals surface area contributed by atoms with Crippen molar-refractivity contribution in [3.63, 3.8) is 0 Å². The molecule has 0 saturated carbocycles. The molecule has 1 atom stereocenters. The molecule has 7 heteroatoms. The molecule has 0 aromatic heterocycles. The summed E-state index contributed by atoms with van der Waals surface area (Å²) in [5, 5.41) is 14.6. The van der Waals surface area contributed by atoms with E-state index in [9.17, 15) is 14.4 Å². The summed E-state index contributed by atoms with van der Waals surface area (Å²) in [5.41, 5.74) is 3.42. The van der Waals surface area contributed by atoms with Crippen molar-refractivity contribution in [2.45, 2.75) is 58.4 Å². The van der Waals surface area contributed by atoms with Crippen LogP contribution in [0.3, 0.4) is 0 Å². The fraction of sp³-hybridized carbons (Fsp3) is 0.464. The first-order valence-electron chi connectivity index (χ1n) is 12.2. The Morgan fingerprint density at radius 1 is 0.971 bits per heavy atom. The van der Waals surface area contributed by atoms with Crippen molar-refractivity contribution in [1.29, 1.82) is 0 Å². The molecule has 7 nitrogen and oxygen atoms in total. The first-order valence-corrected chi connectivity index (χ1v) is 12.2. The number of nitrogens with one attached hydrogen (secondary N) is 2. The van der Waals surface area contributed by atoms with Crippen LogP contribution in [0.1, 0.15) is 64.0 Å². The van der Waals surface area contributed by atoms with Crippen LogP contribution in [0.4, 0.5) is 4.79 Å². The Labute approximate surface area is 207 Å². The van der Waals surface area contributed by atoms with Gasteiger partial charge in [0.15, 0.2) is 0 Å². The second-order valence-corrected chi connectivity index (χ2v) is 10.1. The predicted molar refractivity (Wildman–Crippen MR) is 135 cm³/mol. The number of ether oxygens (including phenoxy) is 1. The summed E-state index contributed by atoms with van der Waals surface area (Å²) in [6.07, 6.45) is 1.11. The summed E-state index contributed by atoms with van der Waals surface area (Å²) in [5.74, 6) is -0.807. The topological polar surface area (TPSA) is 105 Å². The van der Waals surface area contributed by atoms with Crippen LogP contribution in [0.2, 0.25) is 0 Å². The molecule has 2 aromatic carbocycles. The minimum absolute atomic E-state index is 0.0186. The van der Waals surface area contributed by atoms with Gasteiger partial charge in [-0.15, -0.1) is 0 Å². The van der Waals surface area contributed by atoms with Gasteiger partial charge in [-0.3, -0.25) is 4.79 Å². The molecular formula is C28H36N2O5. The van der Waals surface area contributed by atoms with Gasteiger partial charge < -0.3 is 20.5 Å². The van der Waals surface area contributed by atoms with Crippen molar-refractivity contribution in [2.75, 3.05) is 13.2 Å². The van der Waals surface area contributed by atoms with Gasteiger partial charge in [-0.1, -0.05) is 62.4 Å². The predicted octanol–water partition coefficient (Wildman–Crippen LogP) is 4.95. The normalized spacial score (nSPS) is 13.6. The number of carbonyl (C=O) groups is 3. The second-order valence-electron chi connectivity index (χ2n) is 10.1. The largest absolute Gasteiger partial charge is 0.480 e. The number of hydrogen-bond donors (Lipinski definition) is 3. The second kappa shape index (κ2) is 11.4. The first-order chi connectivity index (χ1) is 16.6. The van der Waals surface area contributed by atoms with E-state index in [4.69, 9.17) is 9.84 Å². The molecule has 3 N–H and O–H groups in total. The Bertz CT molecular complexity index is 1020. The molecule has 3 rings (SSSR count). The molecule has 0 fully saturated rings. The summed E-state index contributed by atoms with van der Waals surface area (Å²) in [6.45, 7) is 7.81. The fourth-order valence-corrected chi connectivity index (χ4v) is 4.60. The van der Waals surface area contributed by atoms with Crippen molar-refractivity contribution in [3.05, 3.63) is 59.7 Å². The molecule has 1 aliphatic carbocycles. The molecule has 2 amide bonds. The molecule has 35 heavy (non-hydrogen) atoms. The summed E-state index contributed by atoms with van der Waals surface area (Å²) in [4.78, 5) is 35.8. The van der Waals surface area contributed by atoms with Crippen molar-refractivity contribution in [2.24, 2.45) is 11.8 Å². The molecule has 2 aromatic rings. The molecule has 0 aliphatic heterocycles. The summed E-state index contributed by atoms with van der Waals surface area (Å²) >= 11 is 0. The van der Waals surface area contributed by atoms with Crippen LogP contribution < -0.4 is 10.6 Å². The number of amides is 2. The molecule has 0 heterocycles. The van der Waals surface area contributed by atoms with E-state index in [1.165, 1.54) is 36.1 Å². The quantitative estimate of drug-likeness (QED) is 0.422.